The zero-order chi connectivity index (χ0) is 14.3. The van der Waals surface area contributed by atoms with Crippen LogP contribution in [-0.2, 0) is 4.79 Å². The molecule has 0 saturated heterocycles. The lowest BCUT2D eigenvalue weighted by atomic mass is 10.1. The van der Waals surface area contributed by atoms with Crippen molar-refractivity contribution in [3.8, 4) is 0 Å². The maximum atomic E-state index is 13.4. The smallest absolute Gasteiger partial charge is 0.251 e. The van der Waals surface area contributed by atoms with E-state index in [1.807, 2.05) is 6.92 Å². The van der Waals surface area contributed by atoms with Gasteiger partial charge in [-0.05, 0) is 24.7 Å². The number of hydrogen-bond donors (Lipinski definition) is 3. The highest BCUT2D eigenvalue weighted by Gasteiger charge is 2.10. The van der Waals surface area contributed by atoms with Crippen LogP contribution in [0.15, 0.2) is 18.2 Å². The van der Waals surface area contributed by atoms with E-state index in [0.717, 1.165) is 12.6 Å². The third-order valence-electron chi connectivity index (χ3n) is 2.38. The molecule has 0 aliphatic carbocycles. The number of nitrogens with one attached hydrogen (secondary N) is 3. The monoisotopic (exact) mass is 267 g/mol. The lowest BCUT2D eigenvalue weighted by Gasteiger charge is -2.08. The van der Waals surface area contributed by atoms with Crippen LogP contribution in [0.5, 0.6) is 0 Å². The van der Waals surface area contributed by atoms with Crippen LogP contribution in [0.1, 0.15) is 24.2 Å². The van der Waals surface area contributed by atoms with E-state index in [9.17, 15) is 14.0 Å². The molecule has 3 N–H and O–H groups in total. The van der Waals surface area contributed by atoms with Crippen molar-refractivity contribution in [1.82, 2.24) is 10.6 Å². The Hall–Kier alpha value is -1.95. The Morgan fingerprint density at radius 1 is 1.26 bits per heavy atom. The average molecular weight is 267 g/mol. The van der Waals surface area contributed by atoms with Crippen molar-refractivity contribution in [3.63, 3.8) is 0 Å². The van der Waals surface area contributed by atoms with Crippen molar-refractivity contribution in [1.29, 1.82) is 0 Å². The molecule has 1 rings (SSSR count). The first-order chi connectivity index (χ1) is 9.04. The Labute approximate surface area is 111 Å². The van der Waals surface area contributed by atoms with Crippen LogP contribution >= 0.6 is 0 Å². The molecule has 6 heteroatoms. The van der Waals surface area contributed by atoms with Crippen LogP contribution in [0.4, 0.5) is 10.1 Å². The summed E-state index contributed by atoms with van der Waals surface area (Å²) in [6.07, 6.45) is 0. The number of carbonyl (C=O) groups is 2. The van der Waals surface area contributed by atoms with E-state index in [1.54, 1.807) is 0 Å². The largest absolute Gasteiger partial charge is 0.351 e. The number of carbonyl (C=O) groups excluding carboxylic acids is 2. The lowest BCUT2D eigenvalue weighted by molar-refractivity contribution is -0.114. The zero-order valence-corrected chi connectivity index (χ0v) is 11.0. The van der Waals surface area contributed by atoms with Gasteiger partial charge in [0.1, 0.15) is 5.82 Å². The second-order valence-electron chi connectivity index (χ2n) is 3.99. The Kier molecular flexibility index (Phi) is 5.95. The van der Waals surface area contributed by atoms with E-state index in [4.69, 9.17) is 0 Å². The van der Waals surface area contributed by atoms with Gasteiger partial charge in [-0.15, -0.1) is 0 Å². The molecule has 1 aromatic carbocycles. The van der Waals surface area contributed by atoms with Gasteiger partial charge in [0.05, 0.1) is 5.69 Å². The van der Waals surface area contributed by atoms with Crippen LogP contribution in [0.3, 0.4) is 0 Å². The van der Waals surface area contributed by atoms with Gasteiger partial charge in [0.25, 0.3) is 5.91 Å². The van der Waals surface area contributed by atoms with Gasteiger partial charge in [0.2, 0.25) is 5.91 Å². The highest BCUT2D eigenvalue weighted by atomic mass is 19.1. The first-order valence-electron chi connectivity index (χ1n) is 6.10. The molecule has 0 aliphatic heterocycles. The van der Waals surface area contributed by atoms with Gasteiger partial charge >= 0.3 is 0 Å². The number of anilines is 1. The summed E-state index contributed by atoms with van der Waals surface area (Å²) in [6.45, 7) is 5.24. The van der Waals surface area contributed by atoms with Gasteiger partial charge < -0.3 is 16.0 Å². The fourth-order valence-corrected chi connectivity index (χ4v) is 1.50. The van der Waals surface area contributed by atoms with Crippen molar-refractivity contribution < 1.29 is 14.0 Å². The highest BCUT2D eigenvalue weighted by molar-refractivity contribution is 5.96. The Morgan fingerprint density at radius 3 is 2.63 bits per heavy atom. The maximum absolute atomic E-state index is 13.4. The minimum absolute atomic E-state index is 0.00633. The molecule has 0 spiro atoms. The minimum Gasteiger partial charge on any atom is -0.351 e. The number of rotatable bonds is 6. The van der Waals surface area contributed by atoms with Crippen molar-refractivity contribution in [2.24, 2.45) is 0 Å². The van der Waals surface area contributed by atoms with Crippen molar-refractivity contribution in [3.05, 3.63) is 29.6 Å². The standard InChI is InChI=1S/C13H18FN3O2/c1-3-15-6-7-16-13(19)10-4-5-11(14)12(8-10)17-9(2)18/h4-5,8,15H,3,6-7H2,1-2H3,(H,16,19)(H,17,18). The van der Waals surface area contributed by atoms with Gasteiger partial charge in [-0.25, -0.2) is 4.39 Å². The molecular weight excluding hydrogens is 249 g/mol. The molecule has 0 atom stereocenters. The molecule has 0 bridgehead atoms. The van der Waals surface area contributed by atoms with Crippen molar-refractivity contribution in [2.75, 3.05) is 25.0 Å². The SMILES string of the molecule is CCNCCNC(=O)c1ccc(F)c(NC(C)=O)c1. The quantitative estimate of drug-likeness (QED) is 0.677. The summed E-state index contributed by atoms with van der Waals surface area (Å²) in [6, 6.07) is 3.85. The molecule has 0 saturated carbocycles. The first kappa shape index (κ1) is 15.1. The van der Waals surface area contributed by atoms with Gasteiger partial charge in [-0.2, -0.15) is 0 Å². The van der Waals surface area contributed by atoms with E-state index in [2.05, 4.69) is 16.0 Å². The summed E-state index contributed by atoms with van der Waals surface area (Å²) in [5.41, 5.74) is 0.313. The molecule has 19 heavy (non-hydrogen) atoms. The van der Waals surface area contributed by atoms with Crippen LogP contribution in [-0.4, -0.2) is 31.4 Å². The van der Waals surface area contributed by atoms with Gasteiger partial charge in [0.15, 0.2) is 0 Å². The summed E-state index contributed by atoms with van der Waals surface area (Å²) in [4.78, 5) is 22.7. The van der Waals surface area contributed by atoms with E-state index in [1.165, 1.54) is 19.1 Å². The van der Waals surface area contributed by atoms with Crippen molar-refractivity contribution in [2.45, 2.75) is 13.8 Å². The number of halogens is 1. The third-order valence-corrected chi connectivity index (χ3v) is 2.38. The van der Waals surface area contributed by atoms with Gasteiger partial charge in [0, 0.05) is 25.6 Å². The summed E-state index contributed by atoms with van der Waals surface area (Å²) in [5, 5.41) is 8.11. The molecular formula is C13H18FN3O2. The van der Waals surface area contributed by atoms with E-state index >= 15 is 0 Å². The third kappa shape index (κ3) is 5.05. The van der Waals surface area contributed by atoms with E-state index in [0.29, 0.717) is 18.7 Å². The Balaban J connectivity index is 2.67. The molecule has 104 valence electrons. The van der Waals surface area contributed by atoms with E-state index in [-0.39, 0.29) is 17.5 Å². The predicted octanol–water partition coefficient (Wildman–Crippen LogP) is 1.12. The highest BCUT2D eigenvalue weighted by Crippen LogP contribution is 2.16. The fraction of sp³-hybridized carbons (Fsp3) is 0.385. The number of amides is 2. The molecule has 2 amide bonds. The molecule has 1 aromatic rings. The summed E-state index contributed by atoms with van der Waals surface area (Å²) < 4.78 is 13.4. The number of likely N-dealkylation sites (N-methyl/N-ethyl adjacent to an activating group) is 1. The Morgan fingerprint density at radius 2 is 2.00 bits per heavy atom. The zero-order valence-electron chi connectivity index (χ0n) is 11.0. The van der Waals surface area contributed by atoms with E-state index < -0.39 is 5.82 Å². The molecule has 0 radical (unpaired) electrons. The van der Waals surface area contributed by atoms with Crippen LogP contribution < -0.4 is 16.0 Å². The molecule has 5 nitrogen and oxygen atoms in total. The Bertz CT molecular complexity index is 463. The van der Waals surface area contributed by atoms with Crippen LogP contribution in [0.2, 0.25) is 0 Å². The molecule has 0 aromatic heterocycles. The van der Waals surface area contributed by atoms with Gasteiger partial charge in [-0.3, -0.25) is 9.59 Å². The minimum atomic E-state index is -0.570. The number of benzene rings is 1. The molecule has 0 aliphatic rings. The maximum Gasteiger partial charge on any atom is 0.251 e. The number of hydrogen-bond acceptors (Lipinski definition) is 3. The lowest BCUT2D eigenvalue weighted by Crippen LogP contribution is -2.31. The molecule has 0 heterocycles. The summed E-state index contributed by atoms with van der Waals surface area (Å²) in [5.74, 6) is -1.26. The van der Waals surface area contributed by atoms with Crippen LogP contribution in [0.25, 0.3) is 0 Å². The summed E-state index contributed by atoms with van der Waals surface area (Å²) in [7, 11) is 0. The second-order valence-corrected chi connectivity index (χ2v) is 3.99. The topological polar surface area (TPSA) is 70.2 Å². The average Bonchev–Trinajstić information content (AvgIpc) is 2.36. The van der Waals surface area contributed by atoms with Gasteiger partial charge in [-0.1, -0.05) is 6.92 Å². The fourth-order valence-electron chi connectivity index (χ4n) is 1.50. The van der Waals surface area contributed by atoms with Crippen molar-refractivity contribution >= 4 is 17.5 Å². The first-order valence-corrected chi connectivity index (χ1v) is 6.10. The molecule has 0 fully saturated rings. The van der Waals surface area contributed by atoms with Crippen LogP contribution in [0, 0.1) is 5.82 Å². The normalized spacial score (nSPS) is 10.1. The predicted molar refractivity (Wildman–Crippen MR) is 71.6 cm³/mol. The second kappa shape index (κ2) is 7.48. The molecule has 0 unspecified atom stereocenters. The summed E-state index contributed by atoms with van der Waals surface area (Å²) >= 11 is 0.